The number of hydrogen-bond donors (Lipinski definition) is 0. The SMILES string of the molecule is CC(C)(C)OC(=O)N1CCN(C(=O)CN2N=C(c3nc(-c4ccc5c(c4)OCO5)no3)CCC2=O)CC1. The molecule has 0 radical (unpaired) electrons. The van der Waals surface area contributed by atoms with Crippen molar-refractivity contribution in [2.24, 2.45) is 5.10 Å². The molecule has 1 fully saturated rings. The second-order valence-electron chi connectivity index (χ2n) is 9.84. The first-order valence-electron chi connectivity index (χ1n) is 12.0. The topological polar surface area (TPSA) is 140 Å². The zero-order valence-corrected chi connectivity index (χ0v) is 20.9. The maximum absolute atomic E-state index is 12.9. The van der Waals surface area contributed by atoms with Crippen LogP contribution in [-0.4, -0.2) is 93.7 Å². The van der Waals surface area contributed by atoms with Gasteiger partial charge >= 0.3 is 6.09 Å². The summed E-state index contributed by atoms with van der Waals surface area (Å²) in [5.74, 6) is 1.26. The molecule has 3 aliphatic heterocycles. The number of fused-ring (bicyclic) bond motifs is 1. The Kier molecular flexibility index (Phi) is 6.44. The molecule has 0 saturated carbocycles. The highest BCUT2D eigenvalue weighted by Crippen LogP contribution is 2.35. The van der Waals surface area contributed by atoms with Crippen molar-refractivity contribution >= 4 is 23.6 Å². The zero-order chi connectivity index (χ0) is 26.2. The fourth-order valence-electron chi connectivity index (χ4n) is 4.07. The van der Waals surface area contributed by atoms with Gasteiger partial charge < -0.3 is 28.5 Å². The number of ether oxygens (including phenoxy) is 3. The van der Waals surface area contributed by atoms with E-state index in [2.05, 4.69) is 15.2 Å². The van der Waals surface area contributed by atoms with E-state index in [1.165, 1.54) is 0 Å². The van der Waals surface area contributed by atoms with Gasteiger partial charge in [0, 0.05) is 44.6 Å². The van der Waals surface area contributed by atoms with Crippen molar-refractivity contribution in [3.63, 3.8) is 0 Å². The first-order valence-corrected chi connectivity index (χ1v) is 12.0. The van der Waals surface area contributed by atoms with Crippen molar-refractivity contribution in [1.29, 1.82) is 0 Å². The minimum Gasteiger partial charge on any atom is -0.454 e. The van der Waals surface area contributed by atoms with Gasteiger partial charge in [-0.3, -0.25) is 9.59 Å². The molecule has 0 unspecified atom stereocenters. The van der Waals surface area contributed by atoms with Crippen molar-refractivity contribution in [1.82, 2.24) is 24.9 Å². The third-order valence-corrected chi connectivity index (χ3v) is 5.98. The van der Waals surface area contributed by atoms with Crippen LogP contribution in [-0.2, 0) is 14.3 Å². The summed E-state index contributed by atoms with van der Waals surface area (Å²) in [4.78, 5) is 45.3. The molecule has 5 rings (SSSR count). The number of rotatable bonds is 4. The number of hydrazone groups is 1. The summed E-state index contributed by atoms with van der Waals surface area (Å²) in [7, 11) is 0. The highest BCUT2D eigenvalue weighted by molar-refractivity contribution is 6.01. The second-order valence-corrected chi connectivity index (χ2v) is 9.84. The number of aromatic nitrogens is 2. The second kappa shape index (κ2) is 9.71. The van der Waals surface area contributed by atoms with Gasteiger partial charge in [0.05, 0.1) is 0 Å². The first kappa shape index (κ1) is 24.5. The van der Waals surface area contributed by atoms with E-state index in [0.717, 1.165) is 5.01 Å². The summed E-state index contributed by atoms with van der Waals surface area (Å²) < 4.78 is 21.5. The van der Waals surface area contributed by atoms with Crippen LogP contribution in [0.15, 0.2) is 27.8 Å². The molecule has 3 aliphatic rings. The Morgan fingerprint density at radius 3 is 2.51 bits per heavy atom. The molecule has 13 heteroatoms. The molecule has 2 aromatic rings. The summed E-state index contributed by atoms with van der Waals surface area (Å²) >= 11 is 0. The third-order valence-electron chi connectivity index (χ3n) is 5.98. The Morgan fingerprint density at radius 1 is 1.03 bits per heavy atom. The summed E-state index contributed by atoms with van der Waals surface area (Å²) in [6.07, 6.45) is 0.0842. The predicted octanol–water partition coefficient (Wildman–Crippen LogP) is 1.87. The van der Waals surface area contributed by atoms with E-state index in [1.54, 1.807) is 28.0 Å². The largest absolute Gasteiger partial charge is 0.454 e. The summed E-state index contributed by atoms with van der Waals surface area (Å²) in [6, 6.07) is 5.32. The molecule has 37 heavy (non-hydrogen) atoms. The van der Waals surface area contributed by atoms with E-state index in [4.69, 9.17) is 18.7 Å². The molecule has 3 amide bonds. The molecular weight excluding hydrogens is 484 g/mol. The van der Waals surface area contributed by atoms with E-state index in [1.807, 2.05) is 20.8 Å². The molecule has 0 bridgehead atoms. The van der Waals surface area contributed by atoms with Crippen LogP contribution in [0, 0.1) is 0 Å². The van der Waals surface area contributed by atoms with Gasteiger partial charge in [-0.15, -0.1) is 0 Å². The molecular formula is C24H28N6O7. The average Bonchev–Trinajstić information content (AvgIpc) is 3.54. The molecule has 1 saturated heterocycles. The van der Waals surface area contributed by atoms with E-state index >= 15 is 0 Å². The van der Waals surface area contributed by atoms with Gasteiger partial charge in [-0.2, -0.15) is 10.1 Å². The van der Waals surface area contributed by atoms with Gasteiger partial charge in [0.25, 0.3) is 5.89 Å². The highest BCUT2D eigenvalue weighted by atomic mass is 16.7. The Morgan fingerprint density at radius 2 is 1.76 bits per heavy atom. The van der Waals surface area contributed by atoms with E-state index < -0.39 is 11.7 Å². The van der Waals surface area contributed by atoms with Gasteiger partial charge in [-0.1, -0.05) is 5.16 Å². The fourth-order valence-corrected chi connectivity index (χ4v) is 4.07. The predicted molar refractivity (Wildman–Crippen MR) is 128 cm³/mol. The van der Waals surface area contributed by atoms with Crippen molar-refractivity contribution in [3.8, 4) is 22.9 Å². The quantitative estimate of drug-likeness (QED) is 0.600. The fraction of sp³-hybridized carbons (Fsp3) is 0.500. The molecule has 13 nitrogen and oxygen atoms in total. The Hall–Kier alpha value is -4.16. The monoisotopic (exact) mass is 512 g/mol. The Balaban J connectivity index is 1.21. The minimum absolute atomic E-state index is 0.162. The number of amides is 3. The molecule has 4 heterocycles. The summed E-state index contributed by atoms with van der Waals surface area (Å²) in [5, 5.41) is 9.51. The Bertz CT molecular complexity index is 1240. The van der Waals surface area contributed by atoms with Crippen LogP contribution in [0.2, 0.25) is 0 Å². The Labute approximate surface area is 212 Å². The van der Waals surface area contributed by atoms with Crippen LogP contribution in [0.4, 0.5) is 4.79 Å². The number of nitrogens with zero attached hydrogens (tertiary/aromatic N) is 6. The lowest BCUT2D eigenvalue weighted by molar-refractivity contribution is -0.141. The van der Waals surface area contributed by atoms with Gasteiger partial charge in [-0.25, -0.2) is 9.80 Å². The number of piperazine rings is 1. The molecule has 0 atom stereocenters. The van der Waals surface area contributed by atoms with Crippen LogP contribution < -0.4 is 9.47 Å². The molecule has 0 aliphatic carbocycles. The van der Waals surface area contributed by atoms with Crippen molar-refractivity contribution < 1.29 is 33.1 Å². The average molecular weight is 513 g/mol. The first-order chi connectivity index (χ1) is 17.7. The normalized spacial score (nSPS) is 17.6. The molecule has 1 aromatic heterocycles. The molecule has 196 valence electrons. The number of carbonyl (C=O) groups excluding carboxylic acids is 3. The summed E-state index contributed by atoms with van der Waals surface area (Å²) in [5.41, 5.74) is 0.531. The van der Waals surface area contributed by atoms with Gasteiger partial charge in [0.2, 0.25) is 24.4 Å². The standard InChI is InChI=1S/C24H28N6O7/c1-24(2,3)36-23(33)29-10-8-28(9-11-29)20(32)13-30-19(31)7-5-16(26-30)22-25-21(27-37-22)15-4-6-17-18(12-15)35-14-34-17/h4,6,12H,5,7-11,13-14H2,1-3H3. The maximum atomic E-state index is 12.9. The van der Waals surface area contributed by atoms with Crippen LogP contribution in [0.1, 0.15) is 39.5 Å². The number of carbonyl (C=O) groups is 3. The van der Waals surface area contributed by atoms with Crippen molar-refractivity contribution in [2.45, 2.75) is 39.2 Å². The van der Waals surface area contributed by atoms with Crippen LogP contribution in [0.5, 0.6) is 11.5 Å². The third kappa shape index (κ3) is 5.49. The number of benzene rings is 1. The number of hydrogen-bond acceptors (Lipinski definition) is 10. The zero-order valence-electron chi connectivity index (χ0n) is 20.9. The van der Waals surface area contributed by atoms with Gasteiger partial charge in [-0.05, 0) is 39.0 Å². The van der Waals surface area contributed by atoms with Gasteiger partial charge in [0.15, 0.2) is 11.5 Å². The lowest BCUT2D eigenvalue weighted by atomic mass is 10.1. The van der Waals surface area contributed by atoms with Gasteiger partial charge in [0.1, 0.15) is 17.9 Å². The lowest BCUT2D eigenvalue weighted by Crippen LogP contribution is -2.53. The lowest BCUT2D eigenvalue weighted by Gasteiger charge is -2.36. The minimum atomic E-state index is -0.585. The van der Waals surface area contributed by atoms with E-state index in [-0.39, 0.29) is 37.5 Å². The smallest absolute Gasteiger partial charge is 0.410 e. The van der Waals surface area contributed by atoms with E-state index in [9.17, 15) is 14.4 Å². The molecule has 1 aromatic carbocycles. The van der Waals surface area contributed by atoms with Crippen molar-refractivity contribution in [3.05, 3.63) is 24.1 Å². The highest BCUT2D eigenvalue weighted by Gasteiger charge is 2.31. The maximum Gasteiger partial charge on any atom is 0.410 e. The molecule has 0 N–H and O–H groups in total. The van der Waals surface area contributed by atoms with Crippen LogP contribution in [0.3, 0.4) is 0 Å². The summed E-state index contributed by atoms with van der Waals surface area (Å²) in [6.45, 7) is 6.78. The van der Waals surface area contributed by atoms with Crippen molar-refractivity contribution in [2.75, 3.05) is 39.5 Å². The molecule has 0 spiro atoms. The van der Waals surface area contributed by atoms with Crippen LogP contribution >= 0.6 is 0 Å². The van der Waals surface area contributed by atoms with E-state index in [0.29, 0.717) is 61.2 Å². The van der Waals surface area contributed by atoms with Crippen LogP contribution in [0.25, 0.3) is 11.4 Å².